The summed E-state index contributed by atoms with van der Waals surface area (Å²) in [5, 5.41) is 12.2. The van der Waals surface area contributed by atoms with Gasteiger partial charge in [0.25, 0.3) is 5.91 Å². The number of nitrogens with zero attached hydrogens (tertiary/aromatic N) is 2. The van der Waals surface area contributed by atoms with Crippen LogP contribution >= 0.6 is 11.3 Å². The molecule has 1 N–H and O–H groups in total. The first kappa shape index (κ1) is 15.2. The number of piperazine rings is 1. The maximum Gasteiger partial charge on any atom is 0.264 e. The molecule has 5 heteroatoms. The zero-order chi connectivity index (χ0) is 15.4. The molecule has 0 saturated carbocycles. The van der Waals surface area contributed by atoms with Crippen molar-refractivity contribution in [3.63, 3.8) is 0 Å². The fraction of sp³-hybridized carbons (Fsp3) is 0.353. The minimum Gasteiger partial charge on any atom is -0.387 e. The Morgan fingerprint density at radius 2 is 1.82 bits per heavy atom. The third kappa shape index (κ3) is 3.55. The Labute approximate surface area is 134 Å². The van der Waals surface area contributed by atoms with Gasteiger partial charge in [-0.15, -0.1) is 11.3 Å². The Hall–Kier alpha value is -1.69. The molecule has 1 aromatic carbocycles. The molecule has 3 rings (SSSR count). The summed E-state index contributed by atoms with van der Waals surface area (Å²) in [7, 11) is 0. The molecule has 0 aliphatic carbocycles. The second kappa shape index (κ2) is 7.05. The highest BCUT2D eigenvalue weighted by Crippen LogP contribution is 2.17. The van der Waals surface area contributed by atoms with E-state index >= 15 is 0 Å². The summed E-state index contributed by atoms with van der Waals surface area (Å²) < 4.78 is 0. The minimum atomic E-state index is -0.472. The van der Waals surface area contributed by atoms with E-state index in [0.29, 0.717) is 6.54 Å². The lowest BCUT2D eigenvalue weighted by molar-refractivity contribution is 0.0531. The van der Waals surface area contributed by atoms with Gasteiger partial charge in [0.05, 0.1) is 11.0 Å². The zero-order valence-corrected chi connectivity index (χ0v) is 13.2. The maximum absolute atomic E-state index is 12.3. The van der Waals surface area contributed by atoms with Crippen molar-refractivity contribution >= 4 is 17.2 Å². The van der Waals surface area contributed by atoms with Gasteiger partial charge in [-0.25, -0.2) is 0 Å². The summed E-state index contributed by atoms with van der Waals surface area (Å²) in [6.45, 7) is 3.67. The molecule has 1 unspecified atom stereocenters. The second-order valence-electron chi connectivity index (χ2n) is 5.50. The molecule has 1 aliphatic heterocycles. The van der Waals surface area contributed by atoms with Crippen molar-refractivity contribution < 1.29 is 9.90 Å². The molecule has 0 radical (unpaired) electrons. The minimum absolute atomic E-state index is 0.123. The average molecular weight is 316 g/mol. The first-order chi connectivity index (χ1) is 10.7. The third-order valence-electron chi connectivity index (χ3n) is 4.01. The maximum atomic E-state index is 12.3. The third-order valence-corrected chi connectivity index (χ3v) is 4.86. The molecule has 22 heavy (non-hydrogen) atoms. The van der Waals surface area contributed by atoms with E-state index < -0.39 is 6.10 Å². The summed E-state index contributed by atoms with van der Waals surface area (Å²) in [5.74, 6) is 0.123. The zero-order valence-electron chi connectivity index (χ0n) is 12.4. The molecule has 1 saturated heterocycles. The summed E-state index contributed by atoms with van der Waals surface area (Å²) in [5.41, 5.74) is 0.944. The van der Waals surface area contributed by atoms with Crippen molar-refractivity contribution in [3.05, 3.63) is 58.3 Å². The topological polar surface area (TPSA) is 43.8 Å². The van der Waals surface area contributed by atoms with Crippen LogP contribution in [0.5, 0.6) is 0 Å². The van der Waals surface area contributed by atoms with Crippen molar-refractivity contribution in [3.8, 4) is 0 Å². The molecule has 0 bridgehead atoms. The molecule has 0 spiro atoms. The van der Waals surface area contributed by atoms with Gasteiger partial charge in [0.1, 0.15) is 0 Å². The van der Waals surface area contributed by atoms with Gasteiger partial charge in [-0.2, -0.15) is 0 Å². The lowest BCUT2D eigenvalue weighted by Crippen LogP contribution is -2.49. The number of hydrogen-bond donors (Lipinski definition) is 1. The Morgan fingerprint density at radius 1 is 1.09 bits per heavy atom. The van der Waals surface area contributed by atoms with Crippen LogP contribution in [0.2, 0.25) is 0 Å². The fourth-order valence-corrected chi connectivity index (χ4v) is 3.41. The van der Waals surface area contributed by atoms with Gasteiger partial charge in [-0.3, -0.25) is 9.69 Å². The number of aliphatic hydroxyl groups is 1. The Bertz CT molecular complexity index is 592. The number of benzene rings is 1. The van der Waals surface area contributed by atoms with Gasteiger partial charge < -0.3 is 10.0 Å². The summed E-state index contributed by atoms with van der Waals surface area (Å²) in [6, 6.07) is 13.5. The van der Waals surface area contributed by atoms with Crippen LogP contribution in [0.15, 0.2) is 47.8 Å². The van der Waals surface area contributed by atoms with Crippen molar-refractivity contribution in [2.75, 3.05) is 32.7 Å². The van der Waals surface area contributed by atoms with E-state index in [-0.39, 0.29) is 5.91 Å². The van der Waals surface area contributed by atoms with Crippen LogP contribution in [0, 0.1) is 0 Å². The quantitative estimate of drug-likeness (QED) is 0.941. The van der Waals surface area contributed by atoms with Gasteiger partial charge in [-0.1, -0.05) is 36.4 Å². The molecule has 1 atom stereocenters. The highest BCUT2D eigenvalue weighted by molar-refractivity contribution is 7.12. The molecular weight excluding hydrogens is 296 g/mol. The van der Waals surface area contributed by atoms with Gasteiger partial charge in [0.15, 0.2) is 0 Å². The number of carbonyl (C=O) groups is 1. The van der Waals surface area contributed by atoms with Gasteiger partial charge in [0.2, 0.25) is 0 Å². The average Bonchev–Trinajstić information content (AvgIpc) is 3.10. The molecule has 4 nitrogen and oxygen atoms in total. The van der Waals surface area contributed by atoms with E-state index in [4.69, 9.17) is 0 Å². The first-order valence-corrected chi connectivity index (χ1v) is 8.40. The molecule has 2 aromatic rings. The van der Waals surface area contributed by atoms with Crippen LogP contribution < -0.4 is 0 Å². The molecule has 116 valence electrons. The smallest absolute Gasteiger partial charge is 0.264 e. The summed E-state index contributed by atoms with van der Waals surface area (Å²) in [6.07, 6.45) is -0.472. The molecule has 1 aromatic heterocycles. The molecule has 1 amide bonds. The standard InChI is InChI=1S/C17H20N2O2S/c20-15(14-5-2-1-3-6-14)13-18-8-10-19(11-9-18)17(21)16-7-4-12-22-16/h1-7,12,15,20H,8-11,13H2. The molecule has 1 aliphatic rings. The normalized spacial score (nSPS) is 17.4. The lowest BCUT2D eigenvalue weighted by Gasteiger charge is -2.35. The number of rotatable bonds is 4. The van der Waals surface area contributed by atoms with Crippen molar-refractivity contribution in [2.24, 2.45) is 0 Å². The molecule has 1 fully saturated rings. The molecular formula is C17H20N2O2S. The van der Waals surface area contributed by atoms with E-state index in [0.717, 1.165) is 36.6 Å². The van der Waals surface area contributed by atoms with Crippen LogP contribution in [0.4, 0.5) is 0 Å². The van der Waals surface area contributed by atoms with Crippen LogP contribution in [0.3, 0.4) is 0 Å². The Kier molecular flexibility index (Phi) is 4.87. The monoisotopic (exact) mass is 316 g/mol. The predicted octanol–water partition coefficient (Wildman–Crippen LogP) is 2.24. The van der Waals surface area contributed by atoms with Gasteiger partial charge >= 0.3 is 0 Å². The number of β-amino-alcohol motifs (C(OH)–C–C–N with tert-alkyl or cyclic N) is 1. The molecule has 2 heterocycles. The van der Waals surface area contributed by atoms with Crippen LogP contribution in [0.25, 0.3) is 0 Å². The highest BCUT2D eigenvalue weighted by atomic mass is 32.1. The largest absolute Gasteiger partial charge is 0.387 e. The number of amides is 1. The van der Waals surface area contributed by atoms with Crippen LogP contribution in [-0.4, -0.2) is 53.5 Å². The first-order valence-electron chi connectivity index (χ1n) is 7.52. The highest BCUT2D eigenvalue weighted by Gasteiger charge is 2.24. The van der Waals surface area contributed by atoms with E-state index in [1.54, 1.807) is 0 Å². The summed E-state index contributed by atoms with van der Waals surface area (Å²) in [4.78, 5) is 17.2. The van der Waals surface area contributed by atoms with Crippen molar-refractivity contribution in [1.82, 2.24) is 9.80 Å². The van der Waals surface area contributed by atoms with Gasteiger partial charge in [0, 0.05) is 32.7 Å². The lowest BCUT2D eigenvalue weighted by atomic mass is 10.1. The number of aliphatic hydroxyl groups excluding tert-OH is 1. The number of carbonyl (C=O) groups excluding carboxylic acids is 1. The van der Waals surface area contributed by atoms with E-state index in [1.807, 2.05) is 52.7 Å². The van der Waals surface area contributed by atoms with E-state index in [9.17, 15) is 9.90 Å². The van der Waals surface area contributed by atoms with Crippen LogP contribution in [-0.2, 0) is 0 Å². The van der Waals surface area contributed by atoms with Gasteiger partial charge in [-0.05, 0) is 17.0 Å². The van der Waals surface area contributed by atoms with Crippen molar-refractivity contribution in [2.45, 2.75) is 6.10 Å². The van der Waals surface area contributed by atoms with Crippen LogP contribution in [0.1, 0.15) is 21.3 Å². The predicted molar refractivity (Wildman–Crippen MR) is 88.1 cm³/mol. The summed E-state index contributed by atoms with van der Waals surface area (Å²) >= 11 is 1.49. The van der Waals surface area contributed by atoms with E-state index in [1.165, 1.54) is 11.3 Å². The Balaban J connectivity index is 1.51. The number of thiophene rings is 1. The SMILES string of the molecule is O=C(c1cccs1)N1CCN(CC(O)c2ccccc2)CC1. The number of hydrogen-bond acceptors (Lipinski definition) is 4. The Morgan fingerprint density at radius 3 is 2.45 bits per heavy atom. The fourth-order valence-electron chi connectivity index (χ4n) is 2.71. The van der Waals surface area contributed by atoms with E-state index in [2.05, 4.69) is 4.90 Å². The van der Waals surface area contributed by atoms with Crippen molar-refractivity contribution in [1.29, 1.82) is 0 Å². The second-order valence-corrected chi connectivity index (χ2v) is 6.44.